The summed E-state index contributed by atoms with van der Waals surface area (Å²) in [6.45, 7) is 6.05. The molecule has 0 aliphatic rings. The number of nitrogens with zero attached hydrogens (tertiary/aromatic N) is 2. The minimum atomic E-state index is 0.627. The molecule has 1 rings (SSSR count). The van der Waals surface area contributed by atoms with Crippen molar-refractivity contribution < 1.29 is 0 Å². The van der Waals surface area contributed by atoms with Gasteiger partial charge in [0.05, 0.1) is 4.47 Å². The molecule has 0 saturated heterocycles. The van der Waals surface area contributed by atoms with Crippen molar-refractivity contribution >= 4 is 33.3 Å². The molecule has 1 aromatic rings. The van der Waals surface area contributed by atoms with E-state index in [9.17, 15) is 0 Å². The van der Waals surface area contributed by atoms with E-state index < -0.39 is 0 Å². The Balaban J connectivity index is 2.94. The Morgan fingerprint density at radius 2 is 2.20 bits per heavy atom. The summed E-state index contributed by atoms with van der Waals surface area (Å²) in [6, 6.07) is 2.00. The summed E-state index contributed by atoms with van der Waals surface area (Å²) in [6.07, 6.45) is 2.94. The van der Waals surface area contributed by atoms with Crippen LogP contribution in [0.4, 0.5) is 5.82 Å². The number of alkyl halides is 1. The second-order valence-corrected chi connectivity index (χ2v) is 4.61. The molecule has 0 aliphatic heterocycles. The zero-order chi connectivity index (χ0) is 11.3. The Morgan fingerprint density at radius 1 is 1.47 bits per heavy atom. The van der Waals surface area contributed by atoms with Crippen LogP contribution in [0.2, 0.25) is 0 Å². The summed E-state index contributed by atoms with van der Waals surface area (Å²) in [5.74, 6) is 1.62. The molecule has 0 bridgehead atoms. The maximum atomic E-state index is 5.79. The first kappa shape index (κ1) is 12.8. The molecule has 0 aromatic carbocycles. The predicted octanol–water partition coefficient (Wildman–Crippen LogP) is 3.61. The summed E-state index contributed by atoms with van der Waals surface area (Å²) in [4.78, 5) is 6.61. The second-order valence-electron chi connectivity index (χ2n) is 3.44. The molecular formula is C11H16BrClN2. The number of halogens is 2. The topological polar surface area (TPSA) is 16.1 Å². The van der Waals surface area contributed by atoms with Crippen LogP contribution in [0.5, 0.6) is 0 Å². The molecule has 0 amide bonds. The fraction of sp³-hybridized carbons (Fsp3) is 0.545. The van der Waals surface area contributed by atoms with E-state index >= 15 is 0 Å². The normalized spacial score (nSPS) is 10.4. The van der Waals surface area contributed by atoms with E-state index in [4.69, 9.17) is 11.6 Å². The Labute approximate surface area is 105 Å². The molecule has 0 aliphatic carbocycles. The van der Waals surface area contributed by atoms with Crippen LogP contribution in [-0.4, -0.2) is 24.0 Å². The van der Waals surface area contributed by atoms with Gasteiger partial charge in [-0.15, -0.1) is 11.6 Å². The monoisotopic (exact) mass is 290 g/mol. The van der Waals surface area contributed by atoms with E-state index in [-0.39, 0.29) is 0 Å². The zero-order valence-electron chi connectivity index (χ0n) is 9.13. The molecule has 0 radical (unpaired) electrons. The van der Waals surface area contributed by atoms with Gasteiger partial charge in [0.1, 0.15) is 5.82 Å². The maximum absolute atomic E-state index is 5.79. The van der Waals surface area contributed by atoms with Crippen LogP contribution in [-0.2, 0) is 0 Å². The van der Waals surface area contributed by atoms with Crippen LogP contribution in [0, 0.1) is 6.92 Å². The molecule has 1 heterocycles. The van der Waals surface area contributed by atoms with Gasteiger partial charge >= 0.3 is 0 Å². The van der Waals surface area contributed by atoms with E-state index in [1.54, 1.807) is 0 Å². The fourth-order valence-corrected chi connectivity index (χ4v) is 2.13. The molecule has 84 valence electrons. The van der Waals surface area contributed by atoms with Crippen molar-refractivity contribution in [1.82, 2.24) is 4.98 Å². The van der Waals surface area contributed by atoms with Gasteiger partial charge in [0.2, 0.25) is 0 Å². The van der Waals surface area contributed by atoms with Gasteiger partial charge in [-0.05, 0) is 40.9 Å². The van der Waals surface area contributed by atoms with Gasteiger partial charge in [-0.2, -0.15) is 0 Å². The highest BCUT2D eigenvalue weighted by Crippen LogP contribution is 2.26. The summed E-state index contributed by atoms with van der Waals surface area (Å²) in [5, 5.41) is 0. The number of anilines is 1. The largest absolute Gasteiger partial charge is 0.354 e. The molecule has 1 aromatic heterocycles. The SMILES string of the molecule is CCCN(CCCl)c1nccc(C)c1Br. The van der Waals surface area contributed by atoms with E-state index in [0.29, 0.717) is 5.88 Å². The highest BCUT2D eigenvalue weighted by molar-refractivity contribution is 9.10. The molecule has 0 unspecified atom stereocenters. The van der Waals surface area contributed by atoms with Gasteiger partial charge in [-0.25, -0.2) is 4.98 Å². The van der Waals surface area contributed by atoms with Crippen molar-refractivity contribution in [1.29, 1.82) is 0 Å². The zero-order valence-corrected chi connectivity index (χ0v) is 11.5. The first-order valence-electron chi connectivity index (χ1n) is 5.12. The number of aromatic nitrogens is 1. The van der Waals surface area contributed by atoms with Crippen molar-refractivity contribution in [2.45, 2.75) is 20.3 Å². The third kappa shape index (κ3) is 3.35. The number of rotatable bonds is 5. The van der Waals surface area contributed by atoms with Gasteiger partial charge < -0.3 is 4.90 Å². The average Bonchev–Trinajstić information content (AvgIpc) is 2.22. The number of aryl methyl sites for hydroxylation is 1. The van der Waals surface area contributed by atoms with E-state index in [2.05, 4.69) is 39.7 Å². The molecule has 0 spiro atoms. The van der Waals surface area contributed by atoms with Gasteiger partial charge in [-0.1, -0.05) is 6.92 Å². The lowest BCUT2D eigenvalue weighted by molar-refractivity contribution is 0.778. The molecule has 15 heavy (non-hydrogen) atoms. The average molecular weight is 292 g/mol. The van der Waals surface area contributed by atoms with Crippen molar-refractivity contribution in [3.8, 4) is 0 Å². The minimum Gasteiger partial charge on any atom is -0.354 e. The Kier molecular flexibility index (Phi) is 5.40. The lowest BCUT2D eigenvalue weighted by Crippen LogP contribution is -2.27. The summed E-state index contributed by atoms with van der Waals surface area (Å²) < 4.78 is 1.07. The van der Waals surface area contributed by atoms with Crippen LogP contribution in [0.25, 0.3) is 0 Å². The Bertz CT molecular complexity index is 311. The van der Waals surface area contributed by atoms with Crippen LogP contribution < -0.4 is 4.90 Å². The number of pyridine rings is 1. The van der Waals surface area contributed by atoms with E-state index in [0.717, 1.165) is 29.8 Å². The van der Waals surface area contributed by atoms with E-state index in [1.165, 1.54) is 5.56 Å². The van der Waals surface area contributed by atoms with Crippen LogP contribution in [0.3, 0.4) is 0 Å². The standard InChI is InChI=1S/C11H16BrClN2/c1-3-7-15(8-5-13)11-10(12)9(2)4-6-14-11/h4,6H,3,5,7-8H2,1-2H3. The van der Waals surface area contributed by atoms with Crippen molar-refractivity contribution in [3.63, 3.8) is 0 Å². The molecular weight excluding hydrogens is 275 g/mol. The quantitative estimate of drug-likeness (QED) is 0.771. The Morgan fingerprint density at radius 3 is 2.80 bits per heavy atom. The minimum absolute atomic E-state index is 0.627. The lowest BCUT2D eigenvalue weighted by Gasteiger charge is -2.23. The molecule has 2 nitrogen and oxygen atoms in total. The van der Waals surface area contributed by atoms with Crippen molar-refractivity contribution in [2.24, 2.45) is 0 Å². The fourth-order valence-electron chi connectivity index (χ4n) is 1.44. The Hall–Kier alpha value is -0.280. The van der Waals surface area contributed by atoms with Crippen molar-refractivity contribution in [2.75, 3.05) is 23.9 Å². The molecule has 0 atom stereocenters. The van der Waals surface area contributed by atoms with Crippen LogP contribution in [0.1, 0.15) is 18.9 Å². The van der Waals surface area contributed by atoms with E-state index in [1.807, 2.05) is 12.3 Å². The molecule has 4 heteroatoms. The number of hydrogen-bond acceptors (Lipinski definition) is 2. The molecule has 0 saturated carbocycles. The third-order valence-corrected chi connectivity index (χ3v) is 3.36. The van der Waals surface area contributed by atoms with Crippen molar-refractivity contribution in [3.05, 3.63) is 22.3 Å². The number of hydrogen-bond donors (Lipinski definition) is 0. The van der Waals surface area contributed by atoms with Gasteiger partial charge in [0.25, 0.3) is 0 Å². The first-order valence-corrected chi connectivity index (χ1v) is 6.45. The summed E-state index contributed by atoms with van der Waals surface area (Å²) >= 11 is 9.36. The lowest BCUT2D eigenvalue weighted by atomic mass is 10.3. The van der Waals surface area contributed by atoms with Gasteiger partial charge in [0, 0.05) is 25.2 Å². The summed E-state index contributed by atoms with van der Waals surface area (Å²) in [5.41, 5.74) is 1.20. The van der Waals surface area contributed by atoms with Crippen LogP contribution >= 0.6 is 27.5 Å². The highest BCUT2D eigenvalue weighted by Gasteiger charge is 2.11. The molecule has 0 N–H and O–H groups in total. The highest BCUT2D eigenvalue weighted by atomic mass is 79.9. The van der Waals surface area contributed by atoms with Crippen LogP contribution in [0.15, 0.2) is 16.7 Å². The van der Waals surface area contributed by atoms with Gasteiger partial charge in [0.15, 0.2) is 0 Å². The second kappa shape index (κ2) is 6.33. The van der Waals surface area contributed by atoms with Gasteiger partial charge in [-0.3, -0.25) is 0 Å². The maximum Gasteiger partial charge on any atom is 0.143 e. The smallest absolute Gasteiger partial charge is 0.143 e. The first-order chi connectivity index (χ1) is 7.20. The third-order valence-electron chi connectivity index (χ3n) is 2.21. The molecule has 0 fully saturated rings. The summed E-state index contributed by atoms with van der Waals surface area (Å²) in [7, 11) is 0. The predicted molar refractivity (Wildman–Crippen MR) is 69.9 cm³/mol.